The van der Waals surface area contributed by atoms with Gasteiger partial charge in [-0.05, 0) is 13.8 Å². The summed E-state index contributed by atoms with van der Waals surface area (Å²) in [4.78, 5) is 21.7. The Morgan fingerprint density at radius 1 is 1.40 bits per heavy atom. The van der Waals surface area contributed by atoms with Crippen LogP contribution in [0.1, 0.15) is 19.9 Å². The second kappa shape index (κ2) is 5.51. The molecule has 1 amide bonds. The fraction of sp³-hybridized carbons (Fsp3) is 0.364. The van der Waals surface area contributed by atoms with Crippen LogP contribution in [-0.4, -0.2) is 30.4 Å². The second-order valence-electron chi connectivity index (χ2n) is 4.50. The maximum atomic E-state index is 11.8. The quantitative estimate of drug-likeness (QED) is 0.653. The van der Waals surface area contributed by atoms with E-state index >= 15 is 0 Å². The molecule has 0 aliphatic heterocycles. The average molecular weight is 278 g/mol. The molecule has 0 aliphatic rings. The van der Waals surface area contributed by atoms with Gasteiger partial charge in [-0.1, -0.05) is 0 Å². The van der Waals surface area contributed by atoms with Gasteiger partial charge in [-0.15, -0.1) is 0 Å². The summed E-state index contributed by atoms with van der Waals surface area (Å²) in [5.41, 5.74) is 0.427. The van der Waals surface area contributed by atoms with Gasteiger partial charge in [-0.25, -0.2) is 0 Å². The Morgan fingerprint density at radius 2 is 2.15 bits per heavy atom. The summed E-state index contributed by atoms with van der Waals surface area (Å²) in [5.74, 6) is -0.327. The van der Waals surface area contributed by atoms with Gasteiger partial charge in [0.25, 0.3) is 0 Å². The number of aromatic nitrogens is 4. The van der Waals surface area contributed by atoms with Crippen LogP contribution in [0.2, 0.25) is 0 Å². The number of hydrogen-bond donors (Lipinski definition) is 1. The van der Waals surface area contributed by atoms with Gasteiger partial charge in [-0.3, -0.25) is 24.3 Å². The van der Waals surface area contributed by atoms with Crippen molar-refractivity contribution in [2.75, 3.05) is 5.32 Å². The first-order valence-electron chi connectivity index (χ1n) is 5.96. The molecule has 0 saturated carbocycles. The first kappa shape index (κ1) is 13.7. The second-order valence-corrected chi connectivity index (χ2v) is 4.50. The Bertz CT molecular complexity index is 630. The normalized spacial score (nSPS) is 10.8. The van der Waals surface area contributed by atoms with E-state index in [1.165, 1.54) is 10.9 Å². The van der Waals surface area contributed by atoms with Gasteiger partial charge in [0.1, 0.15) is 18.9 Å². The molecule has 2 heterocycles. The fourth-order valence-corrected chi connectivity index (χ4v) is 1.57. The number of anilines is 1. The van der Waals surface area contributed by atoms with Crippen LogP contribution in [0.15, 0.2) is 24.8 Å². The Balaban J connectivity index is 1.95. The predicted molar refractivity (Wildman–Crippen MR) is 70.1 cm³/mol. The molecule has 2 aromatic rings. The van der Waals surface area contributed by atoms with E-state index in [0.29, 0.717) is 5.69 Å². The van der Waals surface area contributed by atoms with Crippen molar-refractivity contribution in [3.8, 4) is 0 Å². The molecule has 106 valence electrons. The standard InChI is InChI=1S/C11H14N6O3/c1-8(2)16-5-9(3-13-16)14-11(18)7-15-6-10(4-12-15)17(19)20/h3-6,8H,7H2,1-2H3,(H,14,18). The SMILES string of the molecule is CC(C)n1cc(NC(=O)Cn2cc([N+](=O)[O-])cn2)cn1. The third-order valence-corrected chi connectivity index (χ3v) is 2.55. The van der Waals surface area contributed by atoms with Crippen LogP contribution >= 0.6 is 0 Å². The number of nitro groups is 1. The number of nitrogens with zero attached hydrogens (tertiary/aromatic N) is 5. The molecule has 0 atom stereocenters. The molecule has 0 bridgehead atoms. The third kappa shape index (κ3) is 3.19. The summed E-state index contributed by atoms with van der Waals surface area (Å²) in [7, 11) is 0. The maximum absolute atomic E-state index is 11.8. The lowest BCUT2D eigenvalue weighted by atomic mass is 10.4. The van der Waals surface area contributed by atoms with Crippen molar-refractivity contribution in [1.29, 1.82) is 0 Å². The molecule has 2 rings (SSSR count). The molecule has 20 heavy (non-hydrogen) atoms. The van der Waals surface area contributed by atoms with Gasteiger partial charge in [0.15, 0.2) is 0 Å². The van der Waals surface area contributed by atoms with Crippen molar-refractivity contribution in [3.63, 3.8) is 0 Å². The lowest BCUT2D eigenvalue weighted by molar-refractivity contribution is -0.385. The molecule has 0 unspecified atom stereocenters. The summed E-state index contributed by atoms with van der Waals surface area (Å²) in [5, 5.41) is 21.0. The topological polar surface area (TPSA) is 108 Å². The minimum atomic E-state index is -0.561. The van der Waals surface area contributed by atoms with E-state index in [1.807, 2.05) is 13.8 Å². The molecule has 0 aliphatic carbocycles. The molecule has 1 N–H and O–H groups in total. The fourth-order valence-electron chi connectivity index (χ4n) is 1.57. The van der Waals surface area contributed by atoms with Crippen LogP contribution in [0, 0.1) is 10.1 Å². The van der Waals surface area contributed by atoms with Crippen molar-refractivity contribution in [3.05, 3.63) is 34.9 Å². The largest absolute Gasteiger partial charge is 0.322 e. The number of carbonyl (C=O) groups is 1. The zero-order chi connectivity index (χ0) is 14.7. The molecule has 0 radical (unpaired) electrons. The van der Waals surface area contributed by atoms with Crippen LogP contribution in [0.5, 0.6) is 0 Å². The summed E-state index contributed by atoms with van der Waals surface area (Å²) >= 11 is 0. The van der Waals surface area contributed by atoms with E-state index in [0.717, 1.165) is 6.20 Å². The van der Waals surface area contributed by atoms with E-state index in [1.54, 1.807) is 17.1 Å². The lowest BCUT2D eigenvalue weighted by Crippen LogP contribution is -2.18. The molecule has 0 saturated heterocycles. The van der Waals surface area contributed by atoms with Crippen molar-refractivity contribution in [2.24, 2.45) is 0 Å². The molecular formula is C11H14N6O3. The molecule has 9 nitrogen and oxygen atoms in total. The molecular weight excluding hydrogens is 264 g/mol. The van der Waals surface area contributed by atoms with Crippen LogP contribution in [-0.2, 0) is 11.3 Å². The summed E-state index contributed by atoms with van der Waals surface area (Å²) in [6.45, 7) is 3.85. The summed E-state index contributed by atoms with van der Waals surface area (Å²) < 4.78 is 2.93. The molecule has 9 heteroatoms. The van der Waals surface area contributed by atoms with Crippen molar-refractivity contribution in [2.45, 2.75) is 26.4 Å². The zero-order valence-corrected chi connectivity index (χ0v) is 11.1. The van der Waals surface area contributed by atoms with Crippen molar-refractivity contribution < 1.29 is 9.72 Å². The number of nitrogens with one attached hydrogen (secondary N) is 1. The Kier molecular flexibility index (Phi) is 3.78. The Morgan fingerprint density at radius 3 is 2.70 bits per heavy atom. The maximum Gasteiger partial charge on any atom is 0.307 e. The predicted octanol–water partition coefficient (Wildman–Crippen LogP) is 1.21. The van der Waals surface area contributed by atoms with E-state index in [4.69, 9.17) is 0 Å². The van der Waals surface area contributed by atoms with Crippen LogP contribution < -0.4 is 5.32 Å². The van der Waals surface area contributed by atoms with Crippen molar-refractivity contribution in [1.82, 2.24) is 19.6 Å². The molecule has 2 aromatic heterocycles. The average Bonchev–Trinajstić information content (AvgIpc) is 2.98. The van der Waals surface area contributed by atoms with Crippen molar-refractivity contribution >= 4 is 17.3 Å². The highest BCUT2D eigenvalue weighted by Crippen LogP contribution is 2.11. The van der Waals surface area contributed by atoms with Gasteiger partial charge in [-0.2, -0.15) is 10.2 Å². The first-order chi connectivity index (χ1) is 9.45. The minimum Gasteiger partial charge on any atom is -0.322 e. The monoisotopic (exact) mass is 278 g/mol. The third-order valence-electron chi connectivity index (χ3n) is 2.55. The highest BCUT2D eigenvalue weighted by molar-refractivity contribution is 5.90. The van der Waals surface area contributed by atoms with Crippen LogP contribution in [0.3, 0.4) is 0 Å². The number of rotatable bonds is 5. The van der Waals surface area contributed by atoms with E-state index in [2.05, 4.69) is 15.5 Å². The summed E-state index contributed by atoms with van der Waals surface area (Å²) in [6, 6.07) is 0.203. The minimum absolute atomic E-state index is 0.0965. The number of hydrogen-bond acceptors (Lipinski definition) is 5. The number of amides is 1. The van der Waals surface area contributed by atoms with Gasteiger partial charge in [0, 0.05) is 12.2 Å². The van der Waals surface area contributed by atoms with Gasteiger partial charge >= 0.3 is 5.69 Å². The van der Waals surface area contributed by atoms with Gasteiger partial charge in [0.2, 0.25) is 5.91 Å². The molecule has 0 aromatic carbocycles. The lowest BCUT2D eigenvalue weighted by Gasteiger charge is -2.04. The summed E-state index contributed by atoms with van der Waals surface area (Å²) in [6.07, 6.45) is 5.57. The van der Waals surface area contributed by atoms with Crippen LogP contribution in [0.4, 0.5) is 11.4 Å². The van der Waals surface area contributed by atoms with E-state index < -0.39 is 4.92 Å². The highest BCUT2D eigenvalue weighted by atomic mass is 16.6. The van der Waals surface area contributed by atoms with E-state index in [9.17, 15) is 14.9 Å². The Hall–Kier alpha value is -2.71. The van der Waals surface area contributed by atoms with Crippen LogP contribution in [0.25, 0.3) is 0 Å². The van der Waals surface area contributed by atoms with E-state index in [-0.39, 0.29) is 24.2 Å². The Labute approximate surface area is 114 Å². The zero-order valence-electron chi connectivity index (χ0n) is 11.1. The first-order valence-corrected chi connectivity index (χ1v) is 5.96. The highest BCUT2D eigenvalue weighted by Gasteiger charge is 2.12. The molecule has 0 fully saturated rings. The number of carbonyl (C=O) groups excluding carboxylic acids is 1. The van der Waals surface area contributed by atoms with Gasteiger partial charge in [0.05, 0.1) is 16.8 Å². The molecule has 0 spiro atoms. The smallest absolute Gasteiger partial charge is 0.307 e. The van der Waals surface area contributed by atoms with Gasteiger partial charge < -0.3 is 5.32 Å².